The molecule has 11 heteroatoms. The third kappa shape index (κ3) is 7.32. The Bertz CT molecular complexity index is 1950. The first-order chi connectivity index (χ1) is 22.8. The summed E-state index contributed by atoms with van der Waals surface area (Å²) in [5, 5.41) is 0.422. The summed E-state index contributed by atoms with van der Waals surface area (Å²) in [6.45, 7) is 2.84. The lowest BCUT2D eigenvalue weighted by atomic mass is 10.0. The van der Waals surface area contributed by atoms with Gasteiger partial charge in [0, 0.05) is 23.5 Å². The molecule has 0 aliphatic rings. The zero-order valence-corrected chi connectivity index (χ0v) is 27.7. The molecule has 10 nitrogen and oxygen atoms in total. The molecule has 0 saturated carbocycles. The van der Waals surface area contributed by atoms with Crippen molar-refractivity contribution in [2.45, 2.75) is 26.6 Å². The molecular formula is C36H36N2O8S. The van der Waals surface area contributed by atoms with Crippen molar-refractivity contribution in [1.82, 2.24) is 9.47 Å². The summed E-state index contributed by atoms with van der Waals surface area (Å²) in [6, 6.07) is 22.5. The number of ether oxygens (including phenoxy) is 5. The number of carbonyl (C=O) groups is 2. The molecule has 0 aliphatic carbocycles. The second-order valence-electron chi connectivity index (χ2n) is 10.7. The topological polar surface area (TPSA) is 106 Å². The van der Waals surface area contributed by atoms with E-state index in [1.165, 1.54) is 18.4 Å². The van der Waals surface area contributed by atoms with Crippen molar-refractivity contribution in [3.05, 3.63) is 111 Å². The van der Waals surface area contributed by atoms with Crippen LogP contribution in [0.4, 0.5) is 4.79 Å². The summed E-state index contributed by atoms with van der Waals surface area (Å²) in [4.78, 5) is 42.8. The molecule has 0 unspecified atom stereocenters. The molecule has 244 valence electrons. The first kappa shape index (κ1) is 33.2. The van der Waals surface area contributed by atoms with Crippen LogP contribution in [0.1, 0.15) is 34.0 Å². The normalized spacial score (nSPS) is 11.0. The van der Waals surface area contributed by atoms with Gasteiger partial charge in [-0.05, 0) is 67.1 Å². The fourth-order valence-electron chi connectivity index (χ4n) is 5.42. The molecule has 2 aromatic heterocycles. The van der Waals surface area contributed by atoms with E-state index in [0.717, 1.165) is 27.1 Å². The number of pyridine rings is 1. The Balaban J connectivity index is 1.70. The Morgan fingerprint density at radius 1 is 0.851 bits per heavy atom. The number of thiophene rings is 1. The number of hydrogen-bond donors (Lipinski definition) is 0. The molecule has 47 heavy (non-hydrogen) atoms. The minimum Gasteiger partial charge on any atom is -0.497 e. The van der Waals surface area contributed by atoms with Gasteiger partial charge < -0.3 is 28.3 Å². The van der Waals surface area contributed by atoms with Gasteiger partial charge in [0.1, 0.15) is 16.3 Å². The van der Waals surface area contributed by atoms with E-state index in [-0.39, 0.29) is 12.4 Å². The lowest BCUT2D eigenvalue weighted by molar-refractivity contribution is 0.0598. The van der Waals surface area contributed by atoms with E-state index in [2.05, 4.69) is 0 Å². The lowest BCUT2D eigenvalue weighted by Crippen LogP contribution is -2.22. The van der Waals surface area contributed by atoms with Crippen molar-refractivity contribution in [3.8, 4) is 27.7 Å². The second kappa shape index (κ2) is 15.0. The van der Waals surface area contributed by atoms with Gasteiger partial charge in [-0.25, -0.2) is 9.59 Å². The first-order valence-corrected chi connectivity index (χ1v) is 15.7. The smallest absolute Gasteiger partial charge is 0.497 e. The predicted molar refractivity (Wildman–Crippen MR) is 181 cm³/mol. The van der Waals surface area contributed by atoms with E-state index in [9.17, 15) is 14.4 Å². The molecule has 0 N–H and O–H groups in total. The van der Waals surface area contributed by atoms with Gasteiger partial charge in [-0.3, -0.25) is 9.69 Å². The summed E-state index contributed by atoms with van der Waals surface area (Å²) in [7, 11) is 6.49. The number of aromatic nitrogens is 1. The third-order valence-electron chi connectivity index (χ3n) is 7.61. The standard InChI is InChI=1S/C36H36N2O8S/c1-6-45-36(41)46-30-22-38(20-25-12-8-10-14-29(25)43-4)34-31(32(30)39)28(33(47-34)23-15-17-26(42-3)18-16-23)21-37(2)19-24-11-7-9-13-27(24)35(40)44-5/h7-18,22H,6,19-21H2,1-5H3. The highest BCUT2D eigenvalue weighted by molar-refractivity contribution is 7.22. The molecule has 0 spiro atoms. The molecular weight excluding hydrogens is 620 g/mol. The van der Waals surface area contributed by atoms with Crippen LogP contribution in [0, 0.1) is 0 Å². The van der Waals surface area contributed by atoms with Crippen LogP contribution in [0.3, 0.4) is 0 Å². The van der Waals surface area contributed by atoms with E-state index >= 15 is 0 Å². The van der Waals surface area contributed by atoms with E-state index < -0.39 is 17.6 Å². The highest BCUT2D eigenvalue weighted by atomic mass is 32.1. The average molecular weight is 657 g/mol. The lowest BCUT2D eigenvalue weighted by Gasteiger charge is -2.19. The zero-order chi connectivity index (χ0) is 33.5. The number of para-hydroxylation sites is 1. The highest BCUT2D eigenvalue weighted by Crippen LogP contribution is 2.40. The Labute approximate surface area is 276 Å². The molecule has 0 fully saturated rings. The molecule has 2 heterocycles. The summed E-state index contributed by atoms with van der Waals surface area (Å²) >= 11 is 1.47. The monoisotopic (exact) mass is 656 g/mol. The minimum atomic E-state index is -0.962. The fourth-order valence-corrected chi connectivity index (χ4v) is 6.71. The maximum Gasteiger partial charge on any atom is 0.514 e. The van der Waals surface area contributed by atoms with Crippen LogP contribution in [-0.2, 0) is 29.1 Å². The second-order valence-corrected chi connectivity index (χ2v) is 11.7. The van der Waals surface area contributed by atoms with Gasteiger partial charge in [0.25, 0.3) is 0 Å². The molecule has 5 rings (SSSR count). The van der Waals surface area contributed by atoms with Gasteiger partial charge >= 0.3 is 12.1 Å². The van der Waals surface area contributed by atoms with E-state index in [1.807, 2.05) is 77.2 Å². The van der Waals surface area contributed by atoms with Crippen molar-refractivity contribution in [3.63, 3.8) is 0 Å². The van der Waals surface area contributed by atoms with Crippen molar-refractivity contribution in [2.75, 3.05) is 35.0 Å². The Kier molecular flexibility index (Phi) is 10.6. The first-order valence-electron chi connectivity index (χ1n) is 14.9. The van der Waals surface area contributed by atoms with Crippen LogP contribution >= 0.6 is 11.3 Å². The fraction of sp³-hybridized carbons (Fsp3) is 0.250. The van der Waals surface area contributed by atoms with Crippen molar-refractivity contribution in [1.29, 1.82) is 0 Å². The summed E-state index contributed by atoms with van der Waals surface area (Å²) in [6.07, 6.45) is 0.582. The molecule has 0 saturated heterocycles. The average Bonchev–Trinajstić information content (AvgIpc) is 3.46. The number of nitrogens with zero attached hydrogens (tertiary/aromatic N) is 2. The number of benzene rings is 3. The number of carbonyl (C=O) groups excluding carboxylic acids is 2. The molecule has 0 amide bonds. The minimum absolute atomic E-state index is 0.0969. The Morgan fingerprint density at radius 2 is 1.55 bits per heavy atom. The summed E-state index contributed by atoms with van der Waals surface area (Å²) in [5.41, 5.74) is 3.34. The SMILES string of the molecule is CCOC(=O)Oc1cn(Cc2ccccc2OC)c2sc(-c3ccc(OC)cc3)c(CN(C)Cc3ccccc3C(=O)OC)c2c1=O. The van der Waals surface area contributed by atoms with Gasteiger partial charge in [-0.1, -0.05) is 36.4 Å². The van der Waals surface area contributed by atoms with Gasteiger partial charge in [0.15, 0.2) is 5.75 Å². The van der Waals surface area contributed by atoms with Gasteiger partial charge in [-0.15, -0.1) is 11.3 Å². The van der Waals surface area contributed by atoms with Gasteiger partial charge in [-0.2, -0.15) is 0 Å². The van der Waals surface area contributed by atoms with Crippen molar-refractivity contribution in [2.24, 2.45) is 0 Å². The summed E-state index contributed by atoms with van der Waals surface area (Å²) in [5.74, 6) is 0.816. The van der Waals surface area contributed by atoms with Gasteiger partial charge in [0.2, 0.25) is 5.43 Å². The molecule has 0 bridgehead atoms. The molecule has 0 aliphatic heterocycles. The summed E-state index contributed by atoms with van der Waals surface area (Å²) < 4.78 is 28.4. The maximum absolute atomic E-state index is 14.2. The molecule has 3 aromatic carbocycles. The number of methoxy groups -OCH3 is 3. The number of hydrogen-bond acceptors (Lipinski definition) is 10. The Hall–Kier alpha value is -5.13. The van der Waals surface area contributed by atoms with Crippen molar-refractivity contribution >= 4 is 33.7 Å². The van der Waals surface area contributed by atoms with E-state index in [4.69, 9.17) is 23.7 Å². The molecule has 0 radical (unpaired) electrons. The highest BCUT2D eigenvalue weighted by Gasteiger charge is 2.25. The predicted octanol–water partition coefficient (Wildman–Crippen LogP) is 6.75. The molecule has 0 atom stereocenters. The van der Waals surface area contributed by atoms with Crippen LogP contribution in [0.15, 0.2) is 83.8 Å². The van der Waals surface area contributed by atoms with Crippen molar-refractivity contribution < 1.29 is 33.3 Å². The number of rotatable bonds is 12. The number of fused-ring (bicyclic) bond motifs is 1. The maximum atomic E-state index is 14.2. The molecule has 5 aromatic rings. The van der Waals surface area contributed by atoms with Crippen LogP contribution in [0.25, 0.3) is 20.7 Å². The zero-order valence-electron chi connectivity index (χ0n) is 26.9. The largest absolute Gasteiger partial charge is 0.514 e. The number of esters is 1. The van der Waals surface area contributed by atoms with Crippen LogP contribution in [0.5, 0.6) is 17.2 Å². The quantitative estimate of drug-likeness (QED) is 0.135. The van der Waals surface area contributed by atoms with Gasteiger partial charge in [0.05, 0.1) is 51.6 Å². The van der Waals surface area contributed by atoms with E-state index in [0.29, 0.717) is 46.9 Å². The van der Waals surface area contributed by atoms with Crippen LogP contribution in [-0.4, -0.2) is 56.6 Å². The van der Waals surface area contributed by atoms with Crippen LogP contribution in [0.2, 0.25) is 0 Å². The third-order valence-corrected chi connectivity index (χ3v) is 8.92. The Morgan fingerprint density at radius 3 is 2.23 bits per heavy atom. The van der Waals surface area contributed by atoms with E-state index in [1.54, 1.807) is 39.5 Å². The van der Waals surface area contributed by atoms with Crippen LogP contribution < -0.4 is 19.6 Å².